The number of hydrogen-bond donors (Lipinski definition) is 0. The van der Waals surface area contributed by atoms with E-state index in [4.69, 9.17) is 0 Å². The van der Waals surface area contributed by atoms with Gasteiger partial charge in [0.05, 0.1) is 0 Å². The number of hydrogen-bond acceptors (Lipinski definition) is 2. The molecular formula is C14H17N3O. The molecule has 0 unspecified atom stereocenters. The van der Waals surface area contributed by atoms with Gasteiger partial charge >= 0.3 is 0 Å². The zero-order valence-corrected chi connectivity index (χ0v) is 10.7. The number of benzene rings is 1. The van der Waals surface area contributed by atoms with Gasteiger partial charge in [0.15, 0.2) is 0 Å². The lowest BCUT2D eigenvalue weighted by Gasteiger charge is -2.16. The third-order valence-electron chi connectivity index (χ3n) is 2.91. The van der Waals surface area contributed by atoms with Crippen LogP contribution >= 0.6 is 0 Å². The molecule has 1 aromatic heterocycles. The van der Waals surface area contributed by atoms with Crippen LogP contribution in [0.1, 0.15) is 24.3 Å². The molecule has 0 fully saturated rings. The molecule has 0 aliphatic rings. The van der Waals surface area contributed by atoms with Gasteiger partial charge in [-0.05, 0) is 26.0 Å². The first kappa shape index (κ1) is 12.4. The highest BCUT2D eigenvalue weighted by atomic mass is 16.2. The Hall–Kier alpha value is -2.10. The van der Waals surface area contributed by atoms with Crippen LogP contribution in [-0.2, 0) is 0 Å². The van der Waals surface area contributed by atoms with E-state index < -0.39 is 0 Å². The topological polar surface area (TPSA) is 38.1 Å². The molecule has 0 saturated heterocycles. The summed E-state index contributed by atoms with van der Waals surface area (Å²) in [5.74, 6) is -0.0188. The Kier molecular flexibility index (Phi) is 3.77. The number of carbonyl (C=O) groups is 1. The smallest absolute Gasteiger partial charge is 0.274 e. The van der Waals surface area contributed by atoms with Gasteiger partial charge in [-0.1, -0.05) is 18.2 Å². The highest BCUT2D eigenvalue weighted by Crippen LogP contribution is 2.09. The summed E-state index contributed by atoms with van der Waals surface area (Å²) in [5.41, 5.74) is 1.49. The van der Waals surface area contributed by atoms with Crippen LogP contribution in [0.25, 0.3) is 5.69 Å². The maximum Gasteiger partial charge on any atom is 0.274 e. The Balaban J connectivity index is 2.23. The fourth-order valence-electron chi connectivity index (χ4n) is 1.85. The van der Waals surface area contributed by atoms with Crippen LogP contribution in [0.4, 0.5) is 0 Å². The molecule has 1 heterocycles. The molecule has 1 amide bonds. The van der Waals surface area contributed by atoms with Gasteiger partial charge in [-0.25, -0.2) is 4.98 Å². The van der Waals surface area contributed by atoms with E-state index in [0.717, 1.165) is 5.69 Å². The van der Waals surface area contributed by atoms with Crippen LogP contribution < -0.4 is 0 Å². The van der Waals surface area contributed by atoms with E-state index in [0.29, 0.717) is 18.8 Å². The number of amides is 1. The molecule has 2 rings (SSSR count). The highest BCUT2D eigenvalue weighted by molar-refractivity contribution is 5.92. The number of para-hydroxylation sites is 1. The molecule has 0 aliphatic carbocycles. The van der Waals surface area contributed by atoms with Gasteiger partial charge in [-0.2, -0.15) is 0 Å². The van der Waals surface area contributed by atoms with Gasteiger partial charge in [0, 0.05) is 25.0 Å². The van der Waals surface area contributed by atoms with Crippen molar-refractivity contribution < 1.29 is 4.79 Å². The fourth-order valence-corrected chi connectivity index (χ4v) is 1.85. The molecule has 0 saturated carbocycles. The normalized spacial score (nSPS) is 10.3. The minimum atomic E-state index is -0.0188. The molecule has 0 aliphatic heterocycles. The average molecular weight is 243 g/mol. The van der Waals surface area contributed by atoms with E-state index in [1.54, 1.807) is 17.4 Å². The Morgan fingerprint density at radius 1 is 1.22 bits per heavy atom. The van der Waals surface area contributed by atoms with Gasteiger partial charge in [0.25, 0.3) is 5.91 Å². The van der Waals surface area contributed by atoms with Crippen LogP contribution in [-0.4, -0.2) is 33.4 Å². The van der Waals surface area contributed by atoms with Crippen molar-refractivity contribution in [1.82, 2.24) is 14.5 Å². The van der Waals surface area contributed by atoms with E-state index >= 15 is 0 Å². The molecule has 4 heteroatoms. The maximum atomic E-state index is 12.1. The van der Waals surface area contributed by atoms with E-state index in [1.165, 1.54) is 0 Å². The van der Waals surface area contributed by atoms with Gasteiger partial charge in [0.1, 0.15) is 12.0 Å². The predicted molar refractivity (Wildman–Crippen MR) is 70.8 cm³/mol. The maximum absolute atomic E-state index is 12.1. The van der Waals surface area contributed by atoms with Crippen LogP contribution in [0.15, 0.2) is 42.9 Å². The van der Waals surface area contributed by atoms with Gasteiger partial charge in [0.2, 0.25) is 0 Å². The highest BCUT2D eigenvalue weighted by Gasteiger charge is 2.15. The molecule has 0 bridgehead atoms. The molecule has 0 spiro atoms. The Morgan fingerprint density at radius 3 is 2.50 bits per heavy atom. The van der Waals surface area contributed by atoms with Crippen molar-refractivity contribution in [2.24, 2.45) is 0 Å². The fraction of sp³-hybridized carbons (Fsp3) is 0.286. The molecule has 2 aromatic rings. The summed E-state index contributed by atoms with van der Waals surface area (Å²) in [7, 11) is 0. The summed E-state index contributed by atoms with van der Waals surface area (Å²) >= 11 is 0. The van der Waals surface area contributed by atoms with Gasteiger partial charge in [-0.3, -0.25) is 4.79 Å². The summed E-state index contributed by atoms with van der Waals surface area (Å²) in [6, 6.07) is 9.84. The Bertz CT molecular complexity index is 515. The van der Waals surface area contributed by atoms with Crippen molar-refractivity contribution in [2.45, 2.75) is 13.8 Å². The van der Waals surface area contributed by atoms with Gasteiger partial charge < -0.3 is 9.47 Å². The first-order valence-electron chi connectivity index (χ1n) is 6.15. The number of rotatable bonds is 4. The molecule has 94 valence electrons. The first-order valence-corrected chi connectivity index (χ1v) is 6.15. The molecule has 0 radical (unpaired) electrons. The lowest BCUT2D eigenvalue weighted by molar-refractivity contribution is 0.0767. The zero-order valence-electron chi connectivity index (χ0n) is 10.7. The largest absolute Gasteiger partial charge is 0.338 e. The second kappa shape index (κ2) is 5.49. The van der Waals surface area contributed by atoms with Crippen LogP contribution in [0.5, 0.6) is 0 Å². The van der Waals surface area contributed by atoms with Crippen molar-refractivity contribution >= 4 is 5.91 Å². The lowest BCUT2D eigenvalue weighted by Crippen LogP contribution is -2.30. The number of aromatic nitrogens is 2. The average Bonchev–Trinajstić information content (AvgIpc) is 2.90. The molecule has 0 N–H and O–H groups in total. The van der Waals surface area contributed by atoms with Crippen molar-refractivity contribution in [1.29, 1.82) is 0 Å². The van der Waals surface area contributed by atoms with E-state index in [9.17, 15) is 4.79 Å². The van der Waals surface area contributed by atoms with Gasteiger partial charge in [-0.15, -0.1) is 0 Å². The minimum Gasteiger partial charge on any atom is -0.338 e. The Morgan fingerprint density at radius 2 is 1.89 bits per heavy atom. The zero-order chi connectivity index (χ0) is 13.0. The number of imidazole rings is 1. The molecule has 1 aromatic carbocycles. The van der Waals surface area contributed by atoms with E-state index in [2.05, 4.69) is 4.98 Å². The summed E-state index contributed by atoms with van der Waals surface area (Å²) < 4.78 is 1.86. The quantitative estimate of drug-likeness (QED) is 0.826. The standard InChI is InChI=1S/C14H17N3O/c1-3-16(4-2)14(18)13-10-17(11-15-13)12-8-6-5-7-9-12/h5-11H,3-4H2,1-2H3. The lowest BCUT2D eigenvalue weighted by atomic mass is 10.3. The summed E-state index contributed by atoms with van der Waals surface area (Å²) in [6.07, 6.45) is 3.45. The molecule has 18 heavy (non-hydrogen) atoms. The summed E-state index contributed by atoms with van der Waals surface area (Å²) in [6.45, 7) is 5.34. The van der Waals surface area contributed by atoms with E-state index in [1.807, 2.05) is 48.7 Å². The van der Waals surface area contributed by atoms with Crippen molar-refractivity contribution in [3.05, 3.63) is 48.5 Å². The van der Waals surface area contributed by atoms with Crippen molar-refractivity contribution in [2.75, 3.05) is 13.1 Å². The number of carbonyl (C=O) groups excluding carboxylic acids is 1. The SMILES string of the molecule is CCN(CC)C(=O)c1cn(-c2ccccc2)cn1. The molecular weight excluding hydrogens is 226 g/mol. The third-order valence-corrected chi connectivity index (χ3v) is 2.91. The van der Waals surface area contributed by atoms with Crippen molar-refractivity contribution in [3.63, 3.8) is 0 Å². The third kappa shape index (κ3) is 2.42. The summed E-state index contributed by atoms with van der Waals surface area (Å²) in [4.78, 5) is 18.0. The second-order valence-electron chi connectivity index (χ2n) is 3.98. The molecule has 4 nitrogen and oxygen atoms in total. The minimum absolute atomic E-state index is 0.0188. The van der Waals surface area contributed by atoms with Crippen LogP contribution in [0, 0.1) is 0 Å². The summed E-state index contributed by atoms with van der Waals surface area (Å²) in [5, 5.41) is 0. The van der Waals surface area contributed by atoms with Crippen LogP contribution in [0.3, 0.4) is 0 Å². The van der Waals surface area contributed by atoms with E-state index in [-0.39, 0.29) is 5.91 Å². The van der Waals surface area contributed by atoms with Crippen LogP contribution in [0.2, 0.25) is 0 Å². The predicted octanol–water partition coefficient (Wildman–Crippen LogP) is 2.35. The van der Waals surface area contributed by atoms with Crippen molar-refractivity contribution in [3.8, 4) is 5.69 Å². The first-order chi connectivity index (χ1) is 8.76. The monoisotopic (exact) mass is 243 g/mol. The number of nitrogens with zero attached hydrogens (tertiary/aromatic N) is 3. The second-order valence-corrected chi connectivity index (χ2v) is 3.98. The Labute approximate surface area is 107 Å². The molecule has 0 atom stereocenters.